The van der Waals surface area contributed by atoms with Crippen LogP contribution in [0.15, 0.2) is 66.7 Å². The van der Waals surface area contributed by atoms with E-state index in [1.165, 1.54) is 11.9 Å². The van der Waals surface area contributed by atoms with Gasteiger partial charge in [0.15, 0.2) is 0 Å². The molecule has 0 saturated heterocycles. The quantitative estimate of drug-likeness (QED) is 0.354. The first kappa shape index (κ1) is 24.7. The van der Waals surface area contributed by atoms with Gasteiger partial charge in [0.1, 0.15) is 12.6 Å². The zero-order valence-electron chi connectivity index (χ0n) is 19.3. The van der Waals surface area contributed by atoms with Crippen molar-refractivity contribution in [3.63, 3.8) is 0 Å². The lowest BCUT2D eigenvalue weighted by atomic mass is 9.98. The van der Waals surface area contributed by atoms with Crippen LogP contribution in [0.1, 0.15) is 40.7 Å². The van der Waals surface area contributed by atoms with Gasteiger partial charge in [0.05, 0.1) is 5.69 Å². The first-order chi connectivity index (χ1) is 16.8. The van der Waals surface area contributed by atoms with Gasteiger partial charge in [-0.3, -0.25) is 10.1 Å². The van der Waals surface area contributed by atoms with Crippen molar-refractivity contribution in [3.8, 4) is 11.1 Å². The van der Waals surface area contributed by atoms with E-state index in [4.69, 9.17) is 4.74 Å². The molecule has 8 heteroatoms. The van der Waals surface area contributed by atoms with E-state index in [0.29, 0.717) is 21.2 Å². The molecule has 0 bridgehead atoms. The normalized spacial score (nSPS) is 12.9. The molecule has 2 N–H and O–H groups in total. The summed E-state index contributed by atoms with van der Waals surface area (Å²) < 4.78 is 6.23. The van der Waals surface area contributed by atoms with Crippen LogP contribution in [0.5, 0.6) is 0 Å². The Balaban J connectivity index is 1.42. The first-order valence-electron chi connectivity index (χ1n) is 11.2. The van der Waals surface area contributed by atoms with Gasteiger partial charge in [0, 0.05) is 22.1 Å². The number of anilines is 1. The summed E-state index contributed by atoms with van der Waals surface area (Å²) in [6.07, 6.45) is -0.284. The van der Waals surface area contributed by atoms with Crippen molar-refractivity contribution in [2.75, 3.05) is 19.0 Å². The second kappa shape index (κ2) is 10.5. The molecule has 0 fully saturated rings. The number of carbonyl (C=O) groups is 3. The van der Waals surface area contributed by atoms with E-state index in [-0.39, 0.29) is 12.5 Å². The summed E-state index contributed by atoms with van der Waals surface area (Å²) in [5.74, 6) is -1.49. The minimum absolute atomic E-state index is 0.0384. The average molecular weight is 584 g/mol. The number of hydrogen-bond acceptors (Lipinski definition) is 4. The van der Waals surface area contributed by atoms with Gasteiger partial charge >= 0.3 is 12.1 Å². The fourth-order valence-corrected chi connectivity index (χ4v) is 5.10. The predicted molar refractivity (Wildman–Crippen MR) is 142 cm³/mol. The SMILES string of the molecule is CCC(C(=O)O)N(C)C(=O)c1ccc(NC(=O)OCC2c3ccccc3-c3ccccc32)c(I)c1. The average Bonchev–Trinajstić information content (AvgIpc) is 3.17. The Morgan fingerprint density at radius 2 is 1.63 bits per heavy atom. The van der Waals surface area contributed by atoms with Crippen LogP contribution in [0.25, 0.3) is 11.1 Å². The van der Waals surface area contributed by atoms with Gasteiger partial charge in [-0.2, -0.15) is 0 Å². The summed E-state index contributed by atoms with van der Waals surface area (Å²) in [6, 6.07) is 20.2. The van der Waals surface area contributed by atoms with Crippen LogP contribution in [0, 0.1) is 3.57 Å². The van der Waals surface area contributed by atoms with Crippen LogP contribution in [-0.4, -0.2) is 47.7 Å². The minimum atomic E-state index is -1.05. The number of carbonyl (C=O) groups excluding carboxylic acids is 2. The van der Waals surface area contributed by atoms with E-state index in [2.05, 4.69) is 29.6 Å². The molecule has 2 amide bonds. The lowest BCUT2D eigenvalue weighted by molar-refractivity contribution is -0.142. The zero-order valence-corrected chi connectivity index (χ0v) is 21.5. The highest BCUT2D eigenvalue weighted by molar-refractivity contribution is 14.1. The third-order valence-corrected chi connectivity index (χ3v) is 7.15. The summed E-state index contributed by atoms with van der Waals surface area (Å²) in [5.41, 5.74) is 5.43. The number of carboxylic acid groups (broad SMARTS) is 1. The maximum atomic E-state index is 12.7. The number of halogens is 1. The Kier molecular flexibility index (Phi) is 7.39. The third kappa shape index (κ3) is 5.02. The van der Waals surface area contributed by atoms with Crippen LogP contribution >= 0.6 is 22.6 Å². The van der Waals surface area contributed by atoms with E-state index in [1.807, 2.05) is 46.9 Å². The largest absolute Gasteiger partial charge is 0.480 e. The first-order valence-corrected chi connectivity index (χ1v) is 12.3. The van der Waals surface area contributed by atoms with Crippen LogP contribution in [0.4, 0.5) is 10.5 Å². The lowest BCUT2D eigenvalue weighted by Gasteiger charge is -2.24. The maximum Gasteiger partial charge on any atom is 0.411 e. The molecule has 0 saturated carbocycles. The number of benzene rings is 3. The topological polar surface area (TPSA) is 95.9 Å². The molecule has 3 aromatic rings. The van der Waals surface area contributed by atoms with Crippen molar-refractivity contribution in [3.05, 3.63) is 87.0 Å². The molecule has 0 aromatic heterocycles. The molecular formula is C27H25IN2O5. The number of carboxylic acids is 1. The van der Waals surface area contributed by atoms with Crippen molar-refractivity contribution in [1.82, 2.24) is 4.90 Å². The number of fused-ring (bicyclic) bond motifs is 3. The van der Waals surface area contributed by atoms with Gasteiger partial charge < -0.3 is 14.7 Å². The van der Waals surface area contributed by atoms with Crippen LogP contribution in [0.3, 0.4) is 0 Å². The second-order valence-electron chi connectivity index (χ2n) is 8.32. The van der Waals surface area contributed by atoms with Gasteiger partial charge in [0.2, 0.25) is 0 Å². The van der Waals surface area contributed by atoms with Crippen LogP contribution in [-0.2, 0) is 9.53 Å². The fraction of sp³-hybridized carbons (Fsp3) is 0.222. The summed E-state index contributed by atoms with van der Waals surface area (Å²) in [6.45, 7) is 1.92. The standard InChI is InChI=1S/C27H25IN2O5/c1-3-24(26(32)33)30(2)25(31)16-12-13-23(22(28)14-16)29-27(34)35-15-21-19-10-6-4-8-17(19)18-9-5-7-11-20(18)21/h4-14,21,24H,3,15H2,1-2H3,(H,29,34)(H,32,33). The molecule has 35 heavy (non-hydrogen) atoms. The van der Waals surface area contributed by atoms with Gasteiger partial charge in [-0.1, -0.05) is 55.5 Å². The highest BCUT2D eigenvalue weighted by Gasteiger charge is 2.29. The molecule has 1 atom stereocenters. The van der Waals surface area contributed by atoms with E-state index >= 15 is 0 Å². The molecule has 0 heterocycles. The van der Waals surface area contributed by atoms with Crippen molar-refractivity contribution >= 4 is 46.2 Å². The Labute approximate surface area is 217 Å². The maximum absolute atomic E-state index is 12.7. The van der Waals surface area contributed by atoms with Gasteiger partial charge in [0.25, 0.3) is 5.91 Å². The molecule has 0 spiro atoms. The Morgan fingerprint density at radius 3 is 2.17 bits per heavy atom. The van der Waals surface area contributed by atoms with Crippen molar-refractivity contribution in [1.29, 1.82) is 0 Å². The van der Waals surface area contributed by atoms with Crippen molar-refractivity contribution in [2.24, 2.45) is 0 Å². The molecule has 0 radical (unpaired) electrons. The molecule has 180 valence electrons. The highest BCUT2D eigenvalue weighted by Crippen LogP contribution is 2.44. The number of amides is 2. The molecule has 7 nitrogen and oxygen atoms in total. The van der Waals surface area contributed by atoms with Gasteiger partial charge in [-0.15, -0.1) is 0 Å². The summed E-state index contributed by atoms with van der Waals surface area (Å²) in [7, 11) is 1.47. The predicted octanol–water partition coefficient (Wildman–Crippen LogP) is 5.59. The summed E-state index contributed by atoms with van der Waals surface area (Å²) in [5, 5.41) is 12.1. The molecule has 1 unspecified atom stereocenters. The second-order valence-corrected chi connectivity index (χ2v) is 9.49. The molecular weight excluding hydrogens is 559 g/mol. The fourth-order valence-electron chi connectivity index (χ4n) is 4.45. The van der Waals surface area contributed by atoms with Crippen LogP contribution in [0.2, 0.25) is 0 Å². The molecule has 3 aromatic carbocycles. The summed E-state index contributed by atoms with van der Waals surface area (Å²) in [4.78, 5) is 37.9. The van der Waals surface area contributed by atoms with Crippen molar-refractivity contribution in [2.45, 2.75) is 25.3 Å². The highest BCUT2D eigenvalue weighted by atomic mass is 127. The third-order valence-electron chi connectivity index (χ3n) is 6.26. The van der Waals surface area contributed by atoms with Gasteiger partial charge in [-0.25, -0.2) is 9.59 Å². The number of hydrogen-bond donors (Lipinski definition) is 2. The molecule has 4 rings (SSSR count). The van der Waals surface area contributed by atoms with Gasteiger partial charge in [-0.05, 0) is 69.5 Å². The minimum Gasteiger partial charge on any atom is -0.480 e. The number of aliphatic carboxylic acids is 1. The molecule has 0 aliphatic heterocycles. The van der Waals surface area contributed by atoms with Crippen LogP contribution < -0.4 is 5.32 Å². The number of nitrogens with zero attached hydrogens (tertiary/aromatic N) is 1. The number of rotatable bonds is 7. The number of nitrogens with one attached hydrogen (secondary N) is 1. The summed E-state index contributed by atoms with van der Waals surface area (Å²) >= 11 is 2.03. The smallest absolute Gasteiger partial charge is 0.411 e. The monoisotopic (exact) mass is 584 g/mol. The zero-order chi connectivity index (χ0) is 25.1. The van der Waals surface area contributed by atoms with E-state index < -0.39 is 24.0 Å². The Morgan fingerprint density at radius 1 is 1.03 bits per heavy atom. The Hall–Kier alpha value is -3.40. The van der Waals surface area contributed by atoms with Crippen molar-refractivity contribution < 1.29 is 24.2 Å². The molecule has 1 aliphatic carbocycles. The number of likely N-dealkylation sites (N-methyl/N-ethyl adjacent to an activating group) is 1. The van der Waals surface area contributed by atoms with E-state index in [9.17, 15) is 19.5 Å². The Bertz CT molecular complexity index is 1250. The number of ether oxygens (including phenoxy) is 1. The lowest BCUT2D eigenvalue weighted by Crippen LogP contribution is -2.42. The van der Waals surface area contributed by atoms with E-state index in [1.54, 1.807) is 25.1 Å². The van der Waals surface area contributed by atoms with E-state index in [0.717, 1.165) is 22.3 Å². The molecule has 1 aliphatic rings.